The molecule has 1 N–H and O–H groups in total. The van der Waals surface area contributed by atoms with Crippen molar-refractivity contribution in [3.8, 4) is 5.69 Å². The Kier molecular flexibility index (Phi) is 12.2. The van der Waals surface area contributed by atoms with Gasteiger partial charge in [-0.05, 0) is 103 Å². The van der Waals surface area contributed by atoms with Crippen LogP contribution < -0.4 is 9.62 Å². The van der Waals surface area contributed by atoms with E-state index in [0.29, 0.717) is 73.5 Å². The van der Waals surface area contributed by atoms with E-state index < -0.39 is 15.9 Å². The predicted octanol–water partition coefficient (Wildman–Crippen LogP) is 8.28. The standard InChI is InChI=1S/C43H43Cl3N6O5S/c1-4-18-49(19-5-2)43(55)40-39(46)27(3)52(47-40)38-14-11-31(24-34(38)42(54)51-21-16-29-8-6-7-9-32(29)26-51)41(53)48-58(56,57)33-12-15-37-30(23-33)17-20-50(37)25-28-10-13-35(44)36(45)22-28/h6-15,22-24H,4-5,16-21,25-26H2,1-3H3,(H,48,53). The van der Waals surface area contributed by atoms with Crippen LogP contribution in [0.1, 0.15) is 85.8 Å². The van der Waals surface area contributed by atoms with Crippen molar-refractivity contribution >= 4 is 68.2 Å². The van der Waals surface area contributed by atoms with Gasteiger partial charge in [-0.15, -0.1) is 0 Å². The van der Waals surface area contributed by atoms with Gasteiger partial charge in [0.2, 0.25) is 0 Å². The van der Waals surface area contributed by atoms with Gasteiger partial charge in [0.15, 0.2) is 5.69 Å². The molecule has 2 aliphatic heterocycles. The number of benzene rings is 4. The van der Waals surface area contributed by atoms with Crippen LogP contribution in [0.4, 0.5) is 5.69 Å². The molecule has 0 aliphatic carbocycles. The van der Waals surface area contributed by atoms with Gasteiger partial charge in [0.05, 0.1) is 36.9 Å². The lowest BCUT2D eigenvalue weighted by atomic mass is 9.98. The minimum atomic E-state index is -4.32. The molecule has 2 aliphatic rings. The number of rotatable bonds is 12. The van der Waals surface area contributed by atoms with Gasteiger partial charge < -0.3 is 14.7 Å². The van der Waals surface area contributed by atoms with Crippen molar-refractivity contribution in [2.75, 3.05) is 31.1 Å². The van der Waals surface area contributed by atoms with Crippen molar-refractivity contribution in [3.63, 3.8) is 0 Å². The zero-order valence-electron chi connectivity index (χ0n) is 32.4. The number of aromatic nitrogens is 2. The van der Waals surface area contributed by atoms with Gasteiger partial charge in [0, 0.05) is 50.5 Å². The molecule has 0 saturated heterocycles. The van der Waals surface area contributed by atoms with Crippen LogP contribution in [-0.4, -0.2) is 71.9 Å². The highest BCUT2D eigenvalue weighted by Crippen LogP contribution is 2.33. The molecule has 0 radical (unpaired) electrons. The number of nitrogens with one attached hydrogen (secondary N) is 1. The summed E-state index contributed by atoms with van der Waals surface area (Å²) in [4.78, 5) is 47.4. The van der Waals surface area contributed by atoms with E-state index in [4.69, 9.17) is 34.8 Å². The molecule has 5 aromatic rings. The lowest BCUT2D eigenvalue weighted by Crippen LogP contribution is -2.37. The Bertz CT molecular complexity index is 2540. The normalized spacial score (nSPS) is 13.6. The van der Waals surface area contributed by atoms with Crippen molar-refractivity contribution in [1.29, 1.82) is 0 Å². The number of hydrogen-bond donors (Lipinski definition) is 1. The highest BCUT2D eigenvalue weighted by atomic mass is 35.5. The first-order chi connectivity index (χ1) is 27.8. The van der Waals surface area contributed by atoms with E-state index in [1.807, 2.05) is 50.2 Å². The number of carbonyl (C=O) groups is 3. The molecule has 0 atom stereocenters. The topological polar surface area (TPSA) is 125 Å². The molecule has 58 heavy (non-hydrogen) atoms. The first-order valence-electron chi connectivity index (χ1n) is 19.2. The number of amides is 3. The van der Waals surface area contributed by atoms with E-state index in [1.165, 1.54) is 28.9 Å². The maximum absolute atomic E-state index is 14.5. The number of halogens is 3. The van der Waals surface area contributed by atoms with E-state index in [9.17, 15) is 22.8 Å². The highest BCUT2D eigenvalue weighted by molar-refractivity contribution is 7.90. The smallest absolute Gasteiger partial charge is 0.275 e. The summed E-state index contributed by atoms with van der Waals surface area (Å²) >= 11 is 19.1. The van der Waals surface area contributed by atoms with Gasteiger partial charge in [0.25, 0.3) is 27.7 Å². The summed E-state index contributed by atoms with van der Waals surface area (Å²) < 4.78 is 31.1. The Hall–Kier alpha value is -4.88. The number of anilines is 1. The fraction of sp³-hybridized carbons (Fsp3) is 0.302. The SMILES string of the molecule is CCCN(CCC)C(=O)c1nn(-c2ccc(C(=O)NS(=O)(=O)c3ccc4c(c3)CCN4Cc3ccc(Cl)c(Cl)c3)cc2C(=O)N2CCc3ccccc3C2)c(C)c1Cl. The second-order valence-electron chi connectivity index (χ2n) is 14.6. The monoisotopic (exact) mass is 860 g/mol. The maximum Gasteiger partial charge on any atom is 0.275 e. The molecule has 3 amide bonds. The summed E-state index contributed by atoms with van der Waals surface area (Å²) in [6.07, 6.45) is 2.76. The molecule has 7 rings (SSSR count). The summed E-state index contributed by atoms with van der Waals surface area (Å²) in [7, 11) is -4.32. The van der Waals surface area contributed by atoms with Crippen LogP contribution in [-0.2, 0) is 36.0 Å². The molecular weight excluding hydrogens is 819 g/mol. The van der Waals surface area contributed by atoms with Crippen LogP contribution >= 0.6 is 34.8 Å². The second kappa shape index (κ2) is 17.1. The van der Waals surface area contributed by atoms with Gasteiger partial charge >= 0.3 is 0 Å². The number of nitrogens with zero attached hydrogens (tertiary/aromatic N) is 5. The van der Waals surface area contributed by atoms with Crippen LogP contribution in [0, 0.1) is 6.92 Å². The van der Waals surface area contributed by atoms with Crippen molar-refractivity contribution < 1.29 is 22.8 Å². The average Bonchev–Trinajstić information content (AvgIpc) is 3.76. The first kappa shape index (κ1) is 41.3. The van der Waals surface area contributed by atoms with Crippen molar-refractivity contribution in [2.45, 2.75) is 64.4 Å². The first-order valence-corrected chi connectivity index (χ1v) is 21.8. The number of fused-ring (bicyclic) bond motifs is 2. The zero-order valence-corrected chi connectivity index (χ0v) is 35.5. The third-order valence-corrected chi connectivity index (χ3v) is 13.1. The quantitative estimate of drug-likeness (QED) is 0.134. The molecule has 1 aromatic heterocycles. The van der Waals surface area contributed by atoms with Gasteiger partial charge in [-0.1, -0.05) is 79.0 Å². The van der Waals surface area contributed by atoms with E-state index in [2.05, 4.69) is 14.7 Å². The third kappa shape index (κ3) is 8.34. The van der Waals surface area contributed by atoms with Crippen LogP contribution in [0.2, 0.25) is 15.1 Å². The minimum absolute atomic E-state index is 0.0497. The van der Waals surface area contributed by atoms with Gasteiger partial charge in [-0.3, -0.25) is 14.4 Å². The molecular formula is C43H43Cl3N6O5S. The highest BCUT2D eigenvalue weighted by Gasteiger charge is 2.30. The van der Waals surface area contributed by atoms with E-state index in [1.54, 1.807) is 34.9 Å². The Morgan fingerprint density at radius 3 is 2.24 bits per heavy atom. The average molecular weight is 862 g/mol. The maximum atomic E-state index is 14.5. The summed E-state index contributed by atoms with van der Waals surface area (Å²) in [6, 6.07) is 22.5. The van der Waals surface area contributed by atoms with E-state index in [-0.39, 0.29) is 38.6 Å². The summed E-state index contributed by atoms with van der Waals surface area (Å²) in [5.41, 5.74) is 5.68. The van der Waals surface area contributed by atoms with Crippen LogP contribution in [0.3, 0.4) is 0 Å². The largest absolute Gasteiger partial charge is 0.367 e. The molecule has 0 spiro atoms. The van der Waals surface area contributed by atoms with Crippen molar-refractivity contribution in [1.82, 2.24) is 24.3 Å². The molecule has 0 unspecified atom stereocenters. The Labute approximate surface area is 353 Å². The van der Waals surface area contributed by atoms with Crippen molar-refractivity contribution in [2.24, 2.45) is 0 Å². The van der Waals surface area contributed by atoms with E-state index in [0.717, 1.165) is 40.8 Å². The van der Waals surface area contributed by atoms with Gasteiger partial charge in [-0.2, -0.15) is 5.10 Å². The number of hydrogen-bond acceptors (Lipinski definition) is 7. The zero-order chi connectivity index (χ0) is 41.3. The summed E-state index contributed by atoms with van der Waals surface area (Å²) in [6.45, 7) is 8.75. The van der Waals surface area contributed by atoms with E-state index >= 15 is 0 Å². The fourth-order valence-electron chi connectivity index (χ4n) is 7.61. The Morgan fingerprint density at radius 2 is 1.52 bits per heavy atom. The number of sulfonamides is 1. The fourth-order valence-corrected chi connectivity index (χ4v) is 9.15. The van der Waals surface area contributed by atoms with Crippen LogP contribution in [0.15, 0.2) is 83.8 Å². The Morgan fingerprint density at radius 1 is 0.810 bits per heavy atom. The van der Waals surface area contributed by atoms with Gasteiger partial charge in [-0.25, -0.2) is 17.8 Å². The van der Waals surface area contributed by atoms with Crippen molar-refractivity contribution in [3.05, 3.63) is 139 Å². The second-order valence-corrected chi connectivity index (χ2v) is 17.4. The number of carbonyl (C=O) groups excluding carboxylic acids is 3. The van der Waals surface area contributed by atoms with Crippen LogP contribution in [0.5, 0.6) is 0 Å². The molecule has 302 valence electrons. The predicted molar refractivity (Wildman–Crippen MR) is 227 cm³/mol. The molecule has 0 saturated carbocycles. The lowest BCUT2D eigenvalue weighted by Gasteiger charge is -2.29. The summed E-state index contributed by atoms with van der Waals surface area (Å²) in [5, 5.41) is 5.73. The molecule has 0 fully saturated rings. The lowest BCUT2D eigenvalue weighted by molar-refractivity contribution is 0.0732. The Balaban J connectivity index is 1.19. The molecule has 15 heteroatoms. The molecule has 11 nitrogen and oxygen atoms in total. The molecule has 4 aromatic carbocycles. The summed E-state index contributed by atoms with van der Waals surface area (Å²) in [5.74, 6) is -1.61. The molecule has 3 heterocycles. The van der Waals surface area contributed by atoms with Gasteiger partial charge in [0.1, 0.15) is 0 Å². The van der Waals surface area contributed by atoms with Crippen LogP contribution in [0.25, 0.3) is 5.69 Å². The minimum Gasteiger partial charge on any atom is -0.367 e. The third-order valence-electron chi connectivity index (χ3n) is 10.6. The molecule has 0 bridgehead atoms.